The molecule has 0 saturated carbocycles. The average Bonchev–Trinajstić information content (AvgIpc) is 2.68. The monoisotopic (exact) mass is 244 g/mol. The number of nitrogens with zero attached hydrogens (tertiary/aromatic N) is 3. The lowest BCUT2D eigenvalue weighted by molar-refractivity contribution is 0.164. The quantitative estimate of drug-likeness (QED) is 0.830. The van der Waals surface area contributed by atoms with Gasteiger partial charge in [0, 0.05) is 37.6 Å². The Bertz CT molecular complexity index is 560. The predicted octanol–water partition coefficient (Wildman–Crippen LogP) is 1.67. The number of hydrogen-bond acceptors (Lipinski definition) is 3. The highest BCUT2D eigenvalue weighted by Crippen LogP contribution is 2.31. The first-order valence-electron chi connectivity index (χ1n) is 6.53. The van der Waals surface area contributed by atoms with Crippen molar-refractivity contribution in [3.8, 4) is 0 Å². The second kappa shape index (κ2) is 4.37. The van der Waals surface area contributed by atoms with Crippen LogP contribution in [0.5, 0.6) is 0 Å². The minimum Gasteiger partial charge on any atom is -0.345 e. The second-order valence-corrected chi connectivity index (χ2v) is 5.33. The van der Waals surface area contributed by atoms with Gasteiger partial charge in [-0.2, -0.15) is 0 Å². The summed E-state index contributed by atoms with van der Waals surface area (Å²) in [6.45, 7) is 0.972. The van der Waals surface area contributed by atoms with E-state index in [1.54, 1.807) is 0 Å². The summed E-state index contributed by atoms with van der Waals surface area (Å²) in [5, 5.41) is 0. The maximum Gasteiger partial charge on any atom is 0.0884 e. The number of fused-ring (bicyclic) bond motifs is 1. The highest BCUT2D eigenvalue weighted by Gasteiger charge is 2.27. The number of pyridine rings is 1. The molecule has 1 saturated heterocycles. The molecule has 2 N–H and O–H groups in total. The van der Waals surface area contributed by atoms with E-state index in [2.05, 4.69) is 40.7 Å². The van der Waals surface area contributed by atoms with E-state index in [9.17, 15) is 0 Å². The van der Waals surface area contributed by atoms with Gasteiger partial charge < -0.3 is 10.3 Å². The van der Waals surface area contributed by atoms with Gasteiger partial charge in [0.1, 0.15) is 0 Å². The average molecular weight is 244 g/mol. The normalized spacial score (nSPS) is 25.7. The third kappa shape index (κ3) is 1.82. The van der Waals surface area contributed by atoms with E-state index in [0.29, 0.717) is 12.1 Å². The van der Waals surface area contributed by atoms with Gasteiger partial charge in [0.05, 0.1) is 11.0 Å². The fourth-order valence-electron chi connectivity index (χ4n) is 3.05. The van der Waals surface area contributed by atoms with E-state index in [4.69, 9.17) is 5.73 Å². The summed E-state index contributed by atoms with van der Waals surface area (Å²) in [6.07, 6.45) is 4.08. The van der Waals surface area contributed by atoms with Crippen molar-refractivity contribution >= 4 is 11.0 Å². The van der Waals surface area contributed by atoms with Crippen molar-refractivity contribution in [3.63, 3.8) is 0 Å². The lowest BCUT2D eigenvalue weighted by Gasteiger charge is -2.36. The Balaban J connectivity index is 2.01. The van der Waals surface area contributed by atoms with Crippen LogP contribution in [0.4, 0.5) is 0 Å². The van der Waals surface area contributed by atoms with Crippen LogP contribution in [-0.2, 0) is 7.05 Å². The summed E-state index contributed by atoms with van der Waals surface area (Å²) >= 11 is 0. The minimum absolute atomic E-state index is 0.319. The molecular formula is C14H20N4. The number of aromatic nitrogens is 2. The van der Waals surface area contributed by atoms with Crippen LogP contribution < -0.4 is 5.73 Å². The third-order valence-electron chi connectivity index (χ3n) is 4.06. The summed E-state index contributed by atoms with van der Waals surface area (Å²) in [7, 11) is 4.29. The summed E-state index contributed by atoms with van der Waals surface area (Å²) in [5.74, 6) is 0. The van der Waals surface area contributed by atoms with Gasteiger partial charge in [-0.3, -0.25) is 9.88 Å². The largest absolute Gasteiger partial charge is 0.345 e. The molecule has 4 heteroatoms. The van der Waals surface area contributed by atoms with Crippen LogP contribution in [0.2, 0.25) is 0 Å². The Morgan fingerprint density at radius 2 is 2.17 bits per heavy atom. The number of rotatable bonds is 1. The topological polar surface area (TPSA) is 47.1 Å². The van der Waals surface area contributed by atoms with Gasteiger partial charge in [-0.1, -0.05) is 0 Å². The zero-order valence-corrected chi connectivity index (χ0v) is 11.0. The maximum absolute atomic E-state index is 6.02. The molecule has 4 nitrogen and oxygen atoms in total. The number of nitrogens with two attached hydrogens (primary N) is 1. The first-order valence-corrected chi connectivity index (χ1v) is 6.53. The van der Waals surface area contributed by atoms with E-state index < -0.39 is 0 Å². The molecule has 2 unspecified atom stereocenters. The fourth-order valence-corrected chi connectivity index (χ4v) is 3.05. The molecule has 0 amide bonds. The van der Waals surface area contributed by atoms with Crippen LogP contribution >= 0.6 is 0 Å². The summed E-state index contributed by atoms with van der Waals surface area (Å²) in [6, 6.07) is 7.11. The SMILES string of the molecule is CN1CC(N)CCC1c1cc2ncccc2n1C. The molecule has 0 aliphatic carbocycles. The van der Waals surface area contributed by atoms with Crippen LogP contribution in [0.3, 0.4) is 0 Å². The summed E-state index contributed by atoms with van der Waals surface area (Å²) in [4.78, 5) is 6.80. The first-order chi connectivity index (χ1) is 8.66. The van der Waals surface area contributed by atoms with E-state index in [1.807, 2.05) is 12.3 Å². The standard InChI is InChI=1S/C14H20N4/c1-17-9-10(15)5-6-13(17)14-8-11-12(18(14)2)4-3-7-16-11/h3-4,7-8,10,13H,5-6,9,15H2,1-2H3. The molecule has 96 valence electrons. The molecule has 3 heterocycles. The van der Waals surface area contributed by atoms with E-state index in [0.717, 1.165) is 24.9 Å². The smallest absolute Gasteiger partial charge is 0.0884 e. The molecule has 0 aromatic carbocycles. The van der Waals surface area contributed by atoms with Crippen molar-refractivity contribution in [2.75, 3.05) is 13.6 Å². The number of likely N-dealkylation sites (tertiary alicyclic amines) is 1. The lowest BCUT2D eigenvalue weighted by Crippen LogP contribution is -2.42. The van der Waals surface area contributed by atoms with Gasteiger partial charge in [0.15, 0.2) is 0 Å². The van der Waals surface area contributed by atoms with Gasteiger partial charge in [-0.05, 0) is 38.1 Å². The first kappa shape index (κ1) is 11.7. The lowest BCUT2D eigenvalue weighted by atomic mass is 9.97. The zero-order chi connectivity index (χ0) is 12.7. The Kier molecular flexibility index (Phi) is 2.84. The minimum atomic E-state index is 0.319. The Morgan fingerprint density at radius 1 is 1.33 bits per heavy atom. The second-order valence-electron chi connectivity index (χ2n) is 5.33. The predicted molar refractivity (Wildman–Crippen MR) is 73.3 cm³/mol. The van der Waals surface area contributed by atoms with Gasteiger partial charge in [-0.15, -0.1) is 0 Å². The maximum atomic E-state index is 6.02. The molecule has 1 aliphatic heterocycles. The molecule has 1 fully saturated rings. The third-order valence-corrected chi connectivity index (χ3v) is 4.06. The Labute approximate surface area is 107 Å². The van der Waals surface area contributed by atoms with Crippen molar-refractivity contribution in [2.45, 2.75) is 24.9 Å². The van der Waals surface area contributed by atoms with Crippen molar-refractivity contribution in [3.05, 3.63) is 30.1 Å². The van der Waals surface area contributed by atoms with E-state index >= 15 is 0 Å². The van der Waals surface area contributed by atoms with Gasteiger partial charge in [0.25, 0.3) is 0 Å². The highest BCUT2D eigenvalue weighted by molar-refractivity contribution is 5.76. The van der Waals surface area contributed by atoms with Crippen molar-refractivity contribution in [2.24, 2.45) is 12.8 Å². The molecule has 2 atom stereocenters. The van der Waals surface area contributed by atoms with Crippen LogP contribution in [0.15, 0.2) is 24.4 Å². The van der Waals surface area contributed by atoms with Crippen molar-refractivity contribution in [1.82, 2.24) is 14.5 Å². The van der Waals surface area contributed by atoms with Crippen LogP contribution in [-0.4, -0.2) is 34.1 Å². The Hall–Kier alpha value is -1.39. The number of likely N-dealkylation sites (N-methyl/N-ethyl adjacent to an activating group) is 1. The van der Waals surface area contributed by atoms with E-state index in [-0.39, 0.29) is 0 Å². The summed E-state index contributed by atoms with van der Waals surface area (Å²) < 4.78 is 2.26. The number of hydrogen-bond donors (Lipinski definition) is 1. The number of piperidine rings is 1. The molecule has 2 aromatic heterocycles. The van der Waals surface area contributed by atoms with Crippen molar-refractivity contribution in [1.29, 1.82) is 0 Å². The molecular weight excluding hydrogens is 224 g/mol. The van der Waals surface area contributed by atoms with E-state index in [1.165, 1.54) is 11.2 Å². The van der Waals surface area contributed by atoms with Crippen LogP contribution in [0, 0.1) is 0 Å². The van der Waals surface area contributed by atoms with Crippen molar-refractivity contribution < 1.29 is 0 Å². The van der Waals surface area contributed by atoms with Crippen LogP contribution in [0.1, 0.15) is 24.6 Å². The molecule has 0 spiro atoms. The van der Waals surface area contributed by atoms with Gasteiger partial charge >= 0.3 is 0 Å². The fraction of sp³-hybridized carbons (Fsp3) is 0.500. The zero-order valence-electron chi connectivity index (χ0n) is 11.0. The molecule has 3 rings (SSSR count). The number of aryl methyl sites for hydroxylation is 1. The molecule has 18 heavy (non-hydrogen) atoms. The molecule has 0 radical (unpaired) electrons. The van der Waals surface area contributed by atoms with Gasteiger partial charge in [-0.25, -0.2) is 0 Å². The summed E-state index contributed by atoms with van der Waals surface area (Å²) in [5.41, 5.74) is 9.65. The molecule has 2 aromatic rings. The molecule has 1 aliphatic rings. The van der Waals surface area contributed by atoms with Gasteiger partial charge in [0.2, 0.25) is 0 Å². The van der Waals surface area contributed by atoms with Crippen LogP contribution in [0.25, 0.3) is 11.0 Å². The Morgan fingerprint density at radius 3 is 2.89 bits per heavy atom. The highest BCUT2D eigenvalue weighted by atomic mass is 15.2. The molecule has 0 bridgehead atoms.